The van der Waals surface area contributed by atoms with Gasteiger partial charge in [0.05, 0.1) is 12.1 Å². The van der Waals surface area contributed by atoms with E-state index in [4.69, 9.17) is 5.73 Å². The van der Waals surface area contributed by atoms with Crippen molar-refractivity contribution in [1.82, 2.24) is 20.1 Å². The second-order valence-electron chi connectivity index (χ2n) is 4.85. The Bertz CT molecular complexity index is 447. The second kappa shape index (κ2) is 6.38. The fourth-order valence-electron chi connectivity index (χ4n) is 2.25. The van der Waals surface area contributed by atoms with Gasteiger partial charge in [-0.05, 0) is 31.8 Å². The van der Waals surface area contributed by atoms with Crippen LogP contribution in [-0.2, 0) is 17.8 Å². The van der Waals surface area contributed by atoms with Gasteiger partial charge in [0.1, 0.15) is 5.82 Å². The molecule has 2 heterocycles. The third kappa shape index (κ3) is 3.27. The van der Waals surface area contributed by atoms with Gasteiger partial charge < -0.3 is 15.6 Å². The second-order valence-corrected chi connectivity index (χ2v) is 5.83. The fourth-order valence-corrected chi connectivity index (χ4v) is 2.74. The molecule has 6 nitrogen and oxygen atoms in total. The summed E-state index contributed by atoms with van der Waals surface area (Å²) in [6, 6.07) is -0.594. The van der Waals surface area contributed by atoms with Gasteiger partial charge in [-0.2, -0.15) is 11.8 Å². The first-order chi connectivity index (χ1) is 9.13. The SMILES string of the molecule is CSCC[C@H](N)C(=O)NC(C)c1nnc2n1CCC2. The van der Waals surface area contributed by atoms with Gasteiger partial charge in [-0.1, -0.05) is 0 Å². The van der Waals surface area contributed by atoms with E-state index in [1.54, 1.807) is 11.8 Å². The summed E-state index contributed by atoms with van der Waals surface area (Å²) < 4.78 is 2.10. The van der Waals surface area contributed by atoms with Crippen molar-refractivity contribution in [3.8, 4) is 0 Å². The first kappa shape index (κ1) is 14.3. The molecule has 0 saturated heterocycles. The predicted octanol–water partition coefficient (Wildman–Crippen LogP) is 0.482. The van der Waals surface area contributed by atoms with E-state index < -0.39 is 6.04 Å². The molecule has 3 N–H and O–H groups in total. The van der Waals surface area contributed by atoms with Crippen LogP contribution in [0.4, 0.5) is 0 Å². The summed E-state index contributed by atoms with van der Waals surface area (Å²) in [7, 11) is 0. The molecule has 106 valence electrons. The molecule has 2 rings (SSSR count). The van der Waals surface area contributed by atoms with Crippen molar-refractivity contribution in [2.75, 3.05) is 12.0 Å². The van der Waals surface area contributed by atoms with Crippen molar-refractivity contribution in [1.29, 1.82) is 0 Å². The van der Waals surface area contributed by atoms with Gasteiger partial charge >= 0.3 is 0 Å². The zero-order valence-electron chi connectivity index (χ0n) is 11.4. The van der Waals surface area contributed by atoms with Crippen LogP contribution in [-0.4, -0.2) is 38.7 Å². The average molecular weight is 283 g/mol. The summed E-state index contributed by atoms with van der Waals surface area (Å²) in [5.74, 6) is 2.63. The summed E-state index contributed by atoms with van der Waals surface area (Å²) >= 11 is 1.69. The van der Waals surface area contributed by atoms with E-state index in [0.29, 0.717) is 6.42 Å². The first-order valence-corrected chi connectivity index (χ1v) is 7.99. The smallest absolute Gasteiger partial charge is 0.237 e. The van der Waals surface area contributed by atoms with Crippen molar-refractivity contribution < 1.29 is 4.79 Å². The molecule has 2 atom stereocenters. The number of carbonyl (C=O) groups is 1. The Morgan fingerprint density at radius 3 is 3.11 bits per heavy atom. The molecule has 1 aromatic heterocycles. The van der Waals surface area contributed by atoms with Crippen LogP contribution in [0.5, 0.6) is 0 Å². The summed E-state index contributed by atoms with van der Waals surface area (Å²) in [6.07, 6.45) is 4.77. The molecule has 7 heteroatoms. The number of carbonyl (C=O) groups excluding carboxylic acids is 1. The number of aryl methyl sites for hydroxylation is 1. The van der Waals surface area contributed by atoms with E-state index in [9.17, 15) is 4.79 Å². The van der Waals surface area contributed by atoms with Crippen LogP contribution in [0.1, 0.15) is 37.5 Å². The monoisotopic (exact) mass is 283 g/mol. The van der Waals surface area contributed by atoms with Crippen LogP contribution in [0.15, 0.2) is 0 Å². The molecule has 0 spiro atoms. The number of thioether (sulfide) groups is 1. The standard InChI is InChI=1S/C12H21N5OS/c1-8(14-12(18)9(13)5-7-19-2)11-16-15-10-4-3-6-17(10)11/h8-9H,3-7,13H2,1-2H3,(H,14,18)/t8?,9-/m0/s1. The van der Waals surface area contributed by atoms with Gasteiger partial charge in [-0.3, -0.25) is 4.79 Å². The van der Waals surface area contributed by atoms with Crippen LogP contribution in [0.25, 0.3) is 0 Å². The number of nitrogens with one attached hydrogen (secondary N) is 1. The molecule has 0 aromatic carbocycles. The highest BCUT2D eigenvalue weighted by Crippen LogP contribution is 2.18. The Labute approximate surface area is 117 Å². The Balaban J connectivity index is 1.93. The lowest BCUT2D eigenvalue weighted by Gasteiger charge is -2.17. The quantitative estimate of drug-likeness (QED) is 0.793. The number of amides is 1. The van der Waals surface area contributed by atoms with Gasteiger partial charge in [0.2, 0.25) is 5.91 Å². The topological polar surface area (TPSA) is 85.8 Å². The van der Waals surface area contributed by atoms with Crippen molar-refractivity contribution in [2.24, 2.45) is 5.73 Å². The molecule has 1 unspecified atom stereocenters. The van der Waals surface area contributed by atoms with Crippen LogP contribution in [0, 0.1) is 0 Å². The maximum Gasteiger partial charge on any atom is 0.237 e. The maximum atomic E-state index is 12.0. The molecule has 0 fully saturated rings. The van der Waals surface area contributed by atoms with Crippen LogP contribution in [0.2, 0.25) is 0 Å². The zero-order chi connectivity index (χ0) is 13.8. The third-order valence-corrected chi connectivity index (χ3v) is 4.00. The lowest BCUT2D eigenvalue weighted by Crippen LogP contribution is -2.42. The van der Waals surface area contributed by atoms with Gasteiger partial charge in [0.25, 0.3) is 0 Å². The van der Waals surface area contributed by atoms with Crippen LogP contribution < -0.4 is 11.1 Å². The van der Waals surface area contributed by atoms with E-state index >= 15 is 0 Å². The van der Waals surface area contributed by atoms with E-state index in [0.717, 1.165) is 36.8 Å². The highest BCUT2D eigenvalue weighted by molar-refractivity contribution is 7.98. The van der Waals surface area contributed by atoms with Gasteiger partial charge in [-0.25, -0.2) is 0 Å². The first-order valence-electron chi connectivity index (χ1n) is 6.60. The van der Waals surface area contributed by atoms with E-state index in [-0.39, 0.29) is 11.9 Å². The normalized spacial score (nSPS) is 17.0. The number of nitrogens with two attached hydrogens (primary N) is 1. The van der Waals surface area contributed by atoms with Crippen LogP contribution >= 0.6 is 11.8 Å². The molecule has 0 aliphatic carbocycles. The summed E-state index contributed by atoms with van der Waals surface area (Å²) in [4.78, 5) is 12.0. The minimum absolute atomic E-state index is 0.114. The van der Waals surface area contributed by atoms with E-state index in [1.807, 2.05) is 13.2 Å². The lowest BCUT2D eigenvalue weighted by atomic mass is 10.2. The number of nitrogens with zero attached hydrogens (tertiary/aromatic N) is 3. The summed E-state index contributed by atoms with van der Waals surface area (Å²) in [5.41, 5.74) is 5.85. The Morgan fingerprint density at radius 1 is 1.58 bits per heavy atom. The summed E-state index contributed by atoms with van der Waals surface area (Å²) in [6.45, 7) is 2.87. The highest BCUT2D eigenvalue weighted by Gasteiger charge is 2.23. The number of hydrogen-bond donors (Lipinski definition) is 2. The molecule has 19 heavy (non-hydrogen) atoms. The molecule has 0 saturated carbocycles. The molecular weight excluding hydrogens is 262 g/mol. The fraction of sp³-hybridized carbons (Fsp3) is 0.750. The Morgan fingerprint density at radius 2 is 2.37 bits per heavy atom. The van der Waals surface area contributed by atoms with Crippen molar-refractivity contribution in [2.45, 2.75) is 44.8 Å². The highest BCUT2D eigenvalue weighted by atomic mass is 32.2. The van der Waals surface area contributed by atoms with Crippen molar-refractivity contribution >= 4 is 17.7 Å². The predicted molar refractivity (Wildman–Crippen MR) is 75.9 cm³/mol. The molecule has 1 aliphatic heterocycles. The van der Waals surface area contributed by atoms with Gasteiger partial charge in [-0.15, -0.1) is 10.2 Å². The zero-order valence-corrected chi connectivity index (χ0v) is 12.2. The molecular formula is C12H21N5OS. The largest absolute Gasteiger partial charge is 0.345 e. The molecule has 0 bridgehead atoms. The number of aromatic nitrogens is 3. The molecule has 1 amide bonds. The molecule has 1 aliphatic rings. The maximum absolute atomic E-state index is 12.0. The molecule has 0 radical (unpaired) electrons. The molecule has 1 aromatic rings. The van der Waals surface area contributed by atoms with Crippen molar-refractivity contribution in [3.63, 3.8) is 0 Å². The number of hydrogen-bond acceptors (Lipinski definition) is 5. The number of fused-ring (bicyclic) bond motifs is 1. The Kier molecular flexibility index (Phi) is 4.81. The Hall–Kier alpha value is -1.08. The van der Waals surface area contributed by atoms with E-state index in [2.05, 4.69) is 20.1 Å². The van der Waals surface area contributed by atoms with Gasteiger partial charge in [0.15, 0.2) is 5.82 Å². The minimum Gasteiger partial charge on any atom is -0.345 e. The third-order valence-electron chi connectivity index (χ3n) is 3.35. The average Bonchev–Trinajstić information content (AvgIpc) is 2.97. The van der Waals surface area contributed by atoms with Crippen LogP contribution in [0.3, 0.4) is 0 Å². The number of rotatable bonds is 6. The summed E-state index contributed by atoms with van der Waals surface area (Å²) in [5, 5.41) is 11.2. The van der Waals surface area contributed by atoms with Crippen molar-refractivity contribution in [3.05, 3.63) is 11.6 Å². The minimum atomic E-state index is -0.448. The van der Waals surface area contributed by atoms with E-state index in [1.165, 1.54) is 0 Å². The lowest BCUT2D eigenvalue weighted by molar-refractivity contribution is -0.123. The van der Waals surface area contributed by atoms with Gasteiger partial charge in [0, 0.05) is 13.0 Å².